The van der Waals surface area contributed by atoms with Crippen LogP contribution in [0.1, 0.15) is 40.0 Å². The fourth-order valence-corrected chi connectivity index (χ4v) is 1.53. The zero-order chi connectivity index (χ0) is 12.4. The predicted octanol–water partition coefficient (Wildman–Crippen LogP) is 2.84. The summed E-state index contributed by atoms with van der Waals surface area (Å²) in [4.78, 5) is 0. The summed E-state index contributed by atoms with van der Waals surface area (Å²) in [5.41, 5.74) is 0. The lowest BCUT2D eigenvalue weighted by Gasteiger charge is -2.32. The Bertz CT molecular complexity index is 160. The zero-order valence-corrected chi connectivity index (χ0v) is 12.3. The molecule has 0 heterocycles. The Labute approximate surface area is 102 Å². The second kappa shape index (κ2) is 9.35. The molecule has 3 nitrogen and oxygen atoms in total. The largest absolute Gasteiger partial charge is 0.382 e. The number of rotatable bonds is 10. The molecule has 0 N–H and O–H groups in total. The van der Waals surface area contributed by atoms with Crippen molar-refractivity contribution in [2.24, 2.45) is 0 Å². The van der Waals surface area contributed by atoms with Gasteiger partial charge in [0.15, 0.2) is 0 Å². The van der Waals surface area contributed by atoms with Crippen LogP contribution in [0.3, 0.4) is 0 Å². The molecule has 0 aliphatic rings. The highest BCUT2D eigenvalue weighted by atomic mass is 31.0. The van der Waals surface area contributed by atoms with E-state index in [1.807, 2.05) is 0 Å². The van der Waals surface area contributed by atoms with E-state index >= 15 is 0 Å². The van der Waals surface area contributed by atoms with Gasteiger partial charge < -0.3 is 14.2 Å². The van der Waals surface area contributed by atoms with Gasteiger partial charge in [0.05, 0.1) is 31.3 Å². The molecule has 4 heteroatoms. The van der Waals surface area contributed by atoms with Crippen LogP contribution in [0.4, 0.5) is 0 Å². The molecule has 0 aromatic carbocycles. The van der Waals surface area contributed by atoms with Crippen molar-refractivity contribution in [2.75, 3.05) is 26.9 Å². The van der Waals surface area contributed by atoms with Crippen molar-refractivity contribution >= 4 is 9.24 Å². The average molecular weight is 250 g/mol. The molecule has 0 rings (SSSR count). The van der Waals surface area contributed by atoms with Gasteiger partial charge in [-0.3, -0.25) is 0 Å². The van der Waals surface area contributed by atoms with Crippen molar-refractivity contribution in [3.63, 3.8) is 0 Å². The van der Waals surface area contributed by atoms with Crippen molar-refractivity contribution in [1.82, 2.24) is 0 Å². The zero-order valence-electron chi connectivity index (χ0n) is 11.1. The number of methoxy groups -OCH3 is 1. The van der Waals surface area contributed by atoms with Gasteiger partial charge in [0, 0.05) is 7.11 Å². The first kappa shape index (κ1) is 16.3. The summed E-state index contributed by atoms with van der Waals surface area (Å²) in [5, 5.41) is -0.0920. The van der Waals surface area contributed by atoms with Crippen LogP contribution >= 0.6 is 9.24 Å². The minimum absolute atomic E-state index is 0.0920. The molecule has 2 unspecified atom stereocenters. The standard InChI is InChI=1S/C12H27O3P/c1-5-11(10-14-9-8-13-4)15-12(16,6-2)7-3/h11H,5-10,16H2,1-4H3. The summed E-state index contributed by atoms with van der Waals surface area (Å²) >= 11 is 0. The minimum Gasteiger partial charge on any atom is -0.382 e. The van der Waals surface area contributed by atoms with E-state index in [0.717, 1.165) is 19.3 Å². The van der Waals surface area contributed by atoms with Crippen LogP contribution in [-0.2, 0) is 14.2 Å². The molecular formula is C12H27O3P. The van der Waals surface area contributed by atoms with Crippen LogP contribution in [0, 0.1) is 0 Å². The fourth-order valence-electron chi connectivity index (χ4n) is 1.34. The Kier molecular flexibility index (Phi) is 9.53. The highest BCUT2D eigenvalue weighted by Gasteiger charge is 2.24. The summed E-state index contributed by atoms with van der Waals surface area (Å²) < 4.78 is 16.5. The summed E-state index contributed by atoms with van der Waals surface area (Å²) in [5.74, 6) is 0. The second-order valence-electron chi connectivity index (χ2n) is 3.99. The van der Waals surface area contributed by atoms with Crippen LogP contribution in [0.25, 0.3) is 0 Å². The second-order valence-corrected chi connectivity index (χ2v) is 5.04. The lowest BCUT2D eigenvalue weighted by atomic mass is 10.2. The van der Waals surface area contributed by atoms with E-state index in [9.17, 15) is 0 Å². The van der Waals surface area contributed by atoms with E-state index < -0.39 is 0 Å². The van der Waals surface area contributed by atoms with Gasteiger partial charge in [-0.2, -0.15) is 0 Å². The minimum atomic E-state index is -0.0920. The molecule has 0 saturated carbocycles. The van der Waals surface area contributed by atoms with E-state index in [2.05, 4.69) is 30.0 Å². The normalized spacial score (nSPS) is 14.1. The Morgan fingerprint density at radius 2 is 1.75 bits per heavy atom. The van der Waals surface area contributed by atoms with Gasteiger partial charge in [-0.15, -0.1) is 9.24 Å². The first-order valence-electron chi connectivity index (χ1n) is 6.15. The molecule has 0 aromatic heterocycles. The van der Waals surface area contributed by atoms with Crippen molar-refractivity contribution in [2.45, 2.75) is 51.5 Å². The van der Waals surface area contributed by atoms with Crippen LogP contribution in [-0.4, -0.2) is 38.4 Å². The molecule has 0 radical (unpaired) electrons. The van der Waals surface area contributed by atoms with Gasteiger partial charge in [-0.05, 0) is 19.3 Å². The summed E-state index contributed by atoms with van der Waals surface area (Å²) in [6, 6.07) is 0. The quantitative estimate of drug-likeness (QED) is 0.441. The molecule has 98 valence electrons. The fraction of sp³-hybridized carbons (Fsp3) is 1.00. The maximum atomic E-state index is 6.06. The number of hydrogen-bond acceptors (Lipinski definition) is 3. The van der Waals surface area contributed by atoms with E-state index in [0.29, 0.717) is 19.8 Å². The maximum Gasteiger partial charge on any atom is 0.0818 e. The highest BCUT2D eigenvalue weighted by molar-refractivity contribution is 7.18. The lowest BCUT2D eigenvalue weighted by molar-refractivity contribution is -0.0821. The SMILES string of the molecule is CCC(COCCOC)OC(P)(CC)CC. The molecule has 0 aliphatic heterocycles. The van der Waals surface area contributed by atoms with Gasteiger partial charge in [0.25, 0.3) is 0 Å². The van der Waals surface area contributed by atoms with Crippen molar-refractivity contribution in [3.05, 3.63) is 0 Å². The van der Waals surface area contributed by atoms with Gasteiger partial charge in [0.1, 0.15) is 0 Å². The summed E-state index contributed by atoms with van der Waals surface area (Å²) in [6.07, 6.45) is 3.16. The molecule has 0 bridgehead atoms. The number of hydrogen-bond donors (Lipinski definition) is 0. The third-order valence-electron chi connectivity index (χ3n) is 2.79. The van der Waals surface area contributed by atoms with Crippen molar-refractivity contribution < 1.29 is 14.2 Å². The molecule has 0 aliphatic carbocycles. The first-order chi connectivity index (χ1) is 7.61. The van der Waals surface area contributed by atoms with Gasteiger partial charge in [-0.25, -0.2) is 0 Å². The summed E-state index contributed by atoms with van der Waals surface area (Å²) in [7, 11) is 4.51. The Morgan fingerprint density at radius 3 is 2.19 bits per heavy atom. The monoisotopic (exact) mass is 250 g/mol. The van der Waals surface area contributed by atoms with Gasteiger partial charge in [-0.1, -0.05) is 20.8 Å². The van der Waals surface area contributed by atoms with Crippen LogP contribution in [0.5, 0.6) is 0 Å². The lowest BCUT2D eigenvalue weighted by Crippen LogP contribution is -2.32. The van der Waals surface area contributed by atoms with E-state index in [-0.39, 0.29) is 11.4 Å². The molecule has 0 amide bonds. The van der Waals surface area contributed by atoms with Gasteiger partial charge >= 0.3 is 0 Å². The van der Waals surface area contributed by atoms with Gasteiger partial charge in [0.2, 0.25) is 0 Å². The van der Waals surface area contributed by atoms with Crippen LogP contribution in [0.2, 0.25) is 0 Å². The average Bonchev–Trinajstić information content (AvgIpc) is 2.32. The number of ether oxygens (including phenoxy) is 3. The Hall–Kier alpha value is 0.310. The molecular weight excluding hydrogens is 223 g/mol. The molecule has 0 aromatic rings. The predicted molar refractivity (Wildman–Crippen MR) is 70.9 cm³/mol. The van der Waals surface area contributed by atoms with Crippen molar-refractivity contribution in [1.29, 1.82) is 0 Å². The topological polar surface area (TPSA) is 27.7 Å². The molecule has 0 fully saturated rings. The van der Waals surface area contributed by atoms with E-state index in [1.54, 1.807) is 7.11 Å². The summed E-state index contributed by atoms with van der Waals surface area (Å²) in [6.45, 7) is 8.35. The Balaban J connectivity index is 3.89. The maximum absolute atomic E-state index is 6.06. The third-order valence-corrected chi connectivity index (χ3v) is 3.74. The molecule has 0 saturated heterocycles. The Morgan fingerprint density at radius 1 is 1.12 bits per heavy atom. The molecule has 16 heavy (non-hydrogen) atoms. The smallest absolute Gasteiger partial charge is 0.0818 e. The third kappa shape index (κ3) is 6.80. The molecule has 2 atom stereocenters. The van der Waals surface area contributed by atoms with E-state index in [1.165, 1.54) is 0 Å². The highest BCUT2D eigenvalue weighted by Crippen LogP contribution is 2.30. The van der Waals surface area contributed by atoms with Crippen molar-refractivity contribution in [3.8, 4) is 0 Å². The van der Waals surface area contributed by atoms with Crippen LogP contribution < -0.4 is 0 Å². The van der Waals surface area contributed by atoms with Crippen LogP contribution in [0.15, 0.2) is 0 Å². The molecule has 0 spiro atoms. The van der Waals surface area contributed by atoms with E-state index in [4.69, 9.17) is 14.2 Å². The first-order valence-corrected chi connectivity index (χ1v) is 6.73.